The zero-order valence-electron chi connectivity index (χ0n) is 25.2. The quantitative estimate of drug-likeness (QED) is 0.235. The number of anilines is 2. The number of nitrogens with one attached hydrogen (secondary N) is 2. The lowest BCUT2D eigenvalue weighted by atomic mass is 9.98. The molecule has 0 unspecified atom stereocenters. The highest BCUT2D eigenvalue weighted by Crippen LogP contribution is 2.36. The number of ether oxygens (including phenoxy) is 1. The molecule has 46 heavy (non-hydrogen) atoms. The number of urea groups is 1. The number of halogens is 6. The second-order valence-corrected chi connectivity index (χ2v) is 11.4. The molecule has 1 heterocycles. The van der Waals surface area contributed by atoms with E-state index in [0.29, 0.717) is 12.1 Å². The number of rotatable bonds is 8. The van der Waals surface area contributed by atoms with E-state index in [1.165, 1.54) is 35.2 Å². The van der Waals surface area contributed by atoms with Crippen molar-refractivity contribution < 1.29 is 45.8 Å². The van der Waals surface area contributed by atoms with Gasteiger partial charge < -0.3 is 25.4 Å². The molecule has 0 aromatic heterocycles. The first-order valence-electron chi connectivity index (χ1n) is 14.4. The Bertz CT molecular complexity index is 1510. The third kappa shape index (κ3) is 8.49. The van der Waals surface area contributed by atoms with E-state index in [1.54, 1.807) is 14.0 Å². The maximum absolute atomic E-state index is 13.7. The minimum Gasteiger partial charge on any atom is -0.486 e. The number of nitrogens with zero attached hydrogens (tertiary/aromatic N) is 2. The van der Waals surface area contributed by atoms with Gasteiger partial charge in [-0.25, -0.2) is 4.79 Å². The van der Waals surface area contributed by atoms with Gasteiger partial charge in [0.2, 0.25) is 0 Å². The van der Waals surface area contributed by atoms with Crippen molar-refractivity contribution in [3.05, 3.63) is 89.0 Å². The van der Waals surface area contributed by atoms with Gasteiger partial charge in [0.25, 0.3) is 5.91 Å². The van der Waals surface area contributed by atoms with E-state index in [4.69, 9.17) is 4.74 Å². The lowest BCUT2D eigenvalue weighted by molar-refractivity contribution is -0.138. The first kappa shape index (κ1) is 34.6. The maximum atomic E-state index is 13.7. The number of benzene rings is 3. The van der Waals surface area contributed by atoms with E-state index >= 15 is 0 Å². The van der Waals surface area contributed by atoms with Crippen molar-refractivity contribution in [2.24, 2.45) is 5.92 Å². The van der Waals surface area contributed by atoms with Crippen LogP contribution in [0.4, 0.5) is 42.5 Å². The molecule has 0 saturated carbocycles. The lowest BCUT2D eigenvalue weighted by Crippen LogP contribution is -2.49. The van der Waals surface area contributed by atoms with Crippen molar-refractivity contribution >= 4 is 23.3 Å². The molecule has 0 bridgehead atoms. The summed E-state index contributed by atoms with van der Waals surface area (Å²) in [5.74, 6) is -0.674. The summed E-state index contributed by atoms with van der Waals surface area (Å²) in [6, 6.07) is 11.9. The molecule has 0 aliphatic carbocycles. The minimum absolute atomic E-state index is 0.0599. The molecular formula is C32H34F6N4O4. The number of amides is 3. The standard InChI is InChI=1S/C32H34F6N4O4/c1-19-15-42(20(2)18-43)29(44)25-5-4-6-26(40-30(45)39-24-13-11-23(12-14-24)32(36,37)38)28(25)46-27(19)17-41(3)16-21-7-9-22(10-8-21)31(33,34)35/h4-14,19-20,27,43H,15-18H2,1-3H3,(H2,39,40,45)/t19-,20-,27-/m0/s1. The van der Waals surface area contributed by atoms with Gasteiger partial charge in [-0.3, -0.25) is 9.69 Å². The van der Waals surface area contributed by atoms with Gasteiger partial charge in [-0.2, -0.15) is 26.3 Å². The van der Waals surface area contributed by atoms with Crippen molar-refractivity contribution in [3.8, 4) is 5.75 Å². The minimum atomic E-state index is -4.54. The normalized spacial score (nSPS) is 17.9. The topological polar surface area (TPSA) is 94.1 Å². The molecule has 0 fully saturated rings. The first-order chi connectivity index (χ1) is 21.6. The highest BCUT2D eigenvalue weighted by molar-refractivity contribution is 6.04. The van der Waals surface area contributed by atoms with Crippen molar-refractivity contribution in [1.82, 2.24) is 9.80 Å². The van der Waals surface area contributed by atoms with E-state index in [9.17, 15) is 41.0 Å². The highest BCUT2D eigenvalue weighted by Gasteiger charge is 2.35. The van der Waals surface area contributed by atoms with E-state index in [1.807, 2.05) is 11.8 Å². The molecule has 0 saturated heterocycles. The van der Waals surface area contributed by atoms with Gasteiger partial charge in [0.15, 0.2) is 5.75 Å². The van der Waals surface area contributed by atoms with Crippen LogP contribution in [0.15, 0.2) is 66.7 Å². The van der Waals surface area contributed by atoms with Crippen LogP contribution < -0.4 is 15.4 Å². The number of likely N-dealkylation sites (N-methyl/N-ethyl adjacent to an activating group) is 1. The third-order valence-corrected chi connectivity index (χ3v) is 7.63. The van der Waals surface area contributed by atoms with Crippen LogP contribution in [0.2, 0.25) is 0 Å². The van der Waals surface area contributed by atoms with Gasteiger partial charge >= 0.3 is 18.4 Å². The molecule has 3 atom stereocenters. The van der Waals surface area contributed by atoms with E-state index < -0.39 is 47.6 Å². The number of hydrogen-bond donors (Lipinski definition) is 3. The van der Waals surface area contributed by atoms with Crippen LogP contribution in [-0.4, -0.2) is 65.7 Å². The van der Waals surface area contributed by atoms with Crippen molar-refractivity contribution in [2.45, 2.75) is 44.9 Å². The Hall–Kier alpha value is -4.30. The number of carbonyl (C=O) groups is 2. The number of aliphatic hydroxyl groups excluding tert-OH is 1. The summed E-state index contributed by atoms with van der Waals surface area (Å²) in [4.78, 5) is 30.0. The van der Waals surface area contributed by atoms with Crippen LogP contribution in [-0.2, 0) is 18.9 Å². The van der Waals surface area contributed by atoms with Crippen molar-refractivity contribution in [2.75, 3.05) is 37.4 Å². The van der Waals surface area contributed by atoms with Gasteiger partial charge in [-0.15, -0.1) is 0 Å². The van der Waals surface area contributed by atoms with E-state index in [2.05, 4.69) is 10.6 Å². The van der Waals surface area contributed by atoms with Gasteiger partial charge in [0, 0.05) is 31.2 Å². The summed E-state index contributed by atoms with van der Waals surface area (Å²) in [6.07, 6.45) is -9.57. The molecule has 3 N–H and O–H groups in total. The van der Waals surface area contributed by atoms with Crippen LogP contribution in [0.25, 0.3) is 0 Å². The Morgan fingerprint density at radius 2 is 1.57 bits per heavy atom. The molecule has 0 spiro atoms. The second kappa shape index (κ2) is 14.0. The van der Waals surface area contributed by atoms with Gasteiger partial charge in [0.1, 0.15) is 6.10 Å². The predicted molar refractivity (Wildman–Crippen MR) is 159 cm³/mol. The Kier molecular flexibility index (Phi) is 10.5. The number of aliphatic hydroxyl groups is 1. The molecule has 8 nitrogen and oxygen atoms in total. The van der Waals surface area contributed by atoms with E-state index in [-0.39, 0.29) is 48.3 Å². The monoisotopic (exact) mass is 652 g/mol. The smallest absolute Gasteiger partial charge is 0.416 e. The fourth-order valence-electron chi connectivity index (χ4n) is 5.07. The van der Waals surface area contributed by atoms with E-state index in [0.717, 1.165) is 36.4 Å². The Labute approximate surface area is 261 Å². The largest absolute Gasteiger partial charge is 0.486 e. The number of para-hydroxylation sites is 1. The predicted octanol–water partition coefficient (Wildman–Crippen LogP) is 6.72. The van der Waals surface area contributed by atoms with Crippen LogP contribution in [0.5, 0.6) is 5.75 Å². The molecule has 248 valence electrons. The average Bonchev–Trinajstić information content (AvgIpc) is 2.98. The number of alkyl halides is 6. The third-order valence-electron chi connectivity index (χ3n) is 7.63. The number of carbonyl (C=O) groups excluding carboxylic acids is 2. The number of fused-ring (bicyclic) bond motifs is 1. The molecule has 14 heteroatoms. The number of hydrogen-bond acceptors (Lipinski definition) is 5. The molecular weight excluding hydrogens is 618 g/mol. The molecule has 3 amide bonds. The molecule has 3 aromatic carbocycles. The lowest BCUT2D eigenvalue weighted by Gasteiger charge is -2.38. The van der Waals surface area contributed by atoms with Crippen LogP contribution in [0.1, 0.15) is 40.9 Å². The molecule has 3 aromatic rings. The average molecular weight is 653 g/mol. The van der Waals surface area contributed by atoms with Gasteiger partial charge in [-0.05, 0) is 68.1 Å². The van der Waals surface area contributed by atoms with Crippen LogP contribution >= 0.6 is 0 Å². The second-order valence-electron chi connectivity index (χ2n) is 11.4. The summed E-state index contributed by atoms with van der Waals surface area (Å²) in [7, 11) is 1.77. The van der Waals surface area contributed by atoms with Gasteiger partial charge in [0.05, 0.1) is 35.0 Å². The summed E-state index contributed by atoms with van der Waals surface area (Å²) in [5, 5.41) is 15.0. The summed E-state index contributed by atoms with van der Waals surface area (Å²) in [6.45, 7) is 4.05. The zero-order valence-corrected chi connectivity index (χ0v) is 25.2. The fraction of sp³-hybridized carbons (Fsp3) is 0.375. The molecule has 0 radical (unpaired) electrons. The zero-order chi connectivity index (χ0) is 33.8. The molecule has 1 aliphatic heterocycles. The summed E-state index contributed by atoms with van der Waals surface area (Å²) >= 11 is 0. The summed E-state index contributed by atoms with van der Waals surface area (Å²) < 4.78 is 84.2. The van der Waals surface area contributed by atoms with Gasteiger partial charge in [-0.1, -0.05) is 25.1 Å². The fourth-order valence-corrected chi connectivity index (χ4v) is 5.07. The molecule has 4 rings (SSSR count). The SMILES string of the molecule is C[C@H]1CN([C@@H](C)CO)C(=O)c2cccc(NC(=O)Nc3ccc(C(F)(F)F)cc3)c2O[C@H]1CN(C)Cc1ccc(C(F)(F)F)cc1. The Morgan fingerprint density at radius 3 is 2.13 bits per heavy atom. The van der Waals surface area contributed by atoms with Crippen molar-refractivity contribution in [3.63, 3.8) is 0 Å². The molecule has 1 aliphatic rings. The van der Waals surface area contributed by atoms with Crippen molar-refractivity contribution in [1.29, 1.82) is 0 Å². The maximum Gasteiger partial charge on any atom is 0.416 e. The summed E-state index contributed by atoms with van der Waals surface area (Å²) in [5.41, 5.74) is -0.646. The van der Waals surface area contributed by atoms with Crippen LogP contribution in [0, 0.1) is 5.92 Å². The Balaban J connectivity index is 1.58. The van der Waals surface area contributed by atoms with Crippen LogP contribution in [0.3, 0.4) is 0 Å². The first-order valence-corrected chi connectivity index (χ1v) is 14.4. The highest BCUT2D eigenvalue weighted by atomic mass is 19.4. The Morgan fingerprint density at radius 1 is 0.978 bits per heavy atom.